The molecule has 0 saturated carbocycles. The fourth-order valence-electron chi connectivity index (χ4n) is 2.49. The van der Waals surface area contributed by atoms with E-state index in [1.165, 1.54) is 64.2 Å². The molecule has 3 N–H and O–H groups in total. The number of rotatable bonds is 15. The molecular weight excluding hydrogens is 236 g/mol. The van der Waals surface area contributed by atoms with Crippen LogP contribution in [-0.4, -0.2) is 19.8 Å². The predicted octanol–water partition coefficient (Wildman–Crippen LogP) is 4.17. The van der Waals surface area contributed by atoms with E-state index in [0.29, 0.717) is 6.04 Å². The second-order valence-corrected chi connectivity index (χ2v) is 5.62. The third-order valence-electron chi connectivity index (χ3n) is 3.79. The minimum atomic E-state index is 0.472. The van der Waals surface area contributed by atoms with Crippen LogP contribution < -0.4 is 11.3 Å². The van der Waals surface area contributed by atoms with Gasteiger partial charge < -0.3 is 4.74 Å². The van der Waals surface area contributed by atoms with E-state index in [1.807, 2.05) is 0 Å². The van der Waals surface area contributed by atoms with E-state index in [2.05, 4.69) is 12.3 Å². The molecule has 1 atom stereocenters. The molecule has 3 nitrogen and oxygen atoms in total. The Morgan fingerprint density at radius 3 is 1.89 bits per heavy atom. The van der Waals surface area contributed by atoms with E-state index in [1.54, 1.807) is 7.11 Å². The molecule has 0 aromatic carbocycles. The zero-order valence-corrected chi connectivity index (χ0v) is 13.3. The Kier molecular flexibility index (Phi) is 15.8. The maximum atomic E-state index is 5.57. The van der Waals surface area contributed by atoms with Gasteiger partial charge in [0.2, 0.25) is 0 Å². The van der Waals surface area contributed by atoms with Crippen LogP contribution in [0.1, 0.15) is 84.0 Å². The van der Waals surface area contributed by atoms with Gasteiger partial charge in [0.05, 0.1) is 0 Å². The molecule has 19 heavy (non-hydrogen) atoms. The second-order valence-electron chi connectivity index (χ2n) is 5.62. The molecule has 116 valence electrons. The lowest BCUT2D eigenvalue weighted by molar-refractivity contribution is 0.188. The number of hydrogen-bond acceptors (Lipinski definition) is 3. The maximum Gasteiger partial charge on any atom is 0.0462 e. The Balaban J connectivity index is 3.21. The number of hydrogen-bond donors (Lipinski definition) is 2. The molecule has 0 amide bonds. The summed E-state index contributed by atoms with van der Waals surface area (Å²) in [6.07, 6.45) is 15.9. The zero-order chi connectivity index (χ0) is 14.2. The first-order valence-electron chi connectivity index (χ1n) is 8.30. The molecule has 0 bridgehead atoms. The third-order valence-corrected chi connectivity index (χ3v) is 3.79. The van der Waals surface area contributed by atoms with Crippen LogP contribution in [0.25, 0.3) is 0 Å². The third kappa shape index (κ3) is 14.1. The molecule has 0 fully saturated rings. The van der Waals surface area contributed by atoms with Crippen LogP contribution in [-0.2, 0) is 4.74 Å². The van der Waals surface area contributed by atoms with Crippen LogP contribution >= 0.6 is 0 Å². The lowest BCUT2D eigenvalue weighted by atomic mass is 10.0. The summed E-state index contributed by atoms with van der Waals surface area (Å²) in [5.74, 6) is 5.57. The number of methoxy groups -OCH3 is 1. The molecular formula is C16H36N2O. The van der Waals surface area contributed by atoms with Crippen LogP contribution in [0.3, 0.4) is 0 Å². The van der Waals surface area contributed by atoms with E-state index >= 15 is 0 Å². The first kappa shape index (κ1) is 18.9. The summed E-state index contributed by atoms with van der Waals surface area (Å²) < 4.78 is 5.07. The van der Waals surface area contributed by atoms with Crippen molar-refractivity contribution in [1.29, 1.82) is 0 Å². The maximum absolute atomic E-state index is 5.57. The normalized spacial score (nSPS) is 12.8. The predicted molar refractivity (Wildman–Crippen MR) is 84.1 cm³/mol. The van der Waals surface area contributed by atoms with Gasteiger partial charge in [-0.25, -0.2) is 0 Å². The van der Waals surface area contributed by atoms with Crippen molar-refractivity contribution in [2.24, 2.45) is 5.84 Å². The molecule has 0 aliphatic heterocycles. The first-order valence-corrected chi connectivity index (χ1v) is 8.30. The summed E-state index contributed by atoms with van der Waals surface area (Å²) in [7, 11) is 1.76. The zero-order valence-electron chi connectivity index (χ0n) is 13.3. The van der Waals surface area contributed by atoms with Crippen molar-refractivity contribution in [1.82, 2.24) is 5.43 Å². The van der Waals surface area contributed by atoms with Crippen LogP contribution in [0.4, 0.5) is 0 Å². The van der Waals surface area contributed by atoms with Gasteiger partial charge in [0, 0.05) is 19.8 Å². The second kappa shape index (κ2) is 15.9. The van der Waals surface area contributed by atoms with E-state index in [9.17, 15) is 0 Å². The highest BCUT2D eigenvalue weighted by atomic mass is 16.5. The number of hydrazine groups is 1. The van der Waals surface area contributed by atoms with Gasteiger partial charge in [0.1, 0.15) is 0 Å². The first-order chi connectivity index (χ1) is 9.35. The summed E-state index contributed by atoms with van der Waals surface area (Å²) in [4.78, 5) is 0. The highest BCUT2D eigenvalue weighted by Crippen LogP contribution is 2.12. The summed E-state index contributed by atoms with van der Waals surface area (Å²) in [5.41, 5.74) is 2.93. The molecule has 0 saturated heterocycles. The molecule has 3 heteroatoms. The molecule has 0 rings (SSSR count). The number of ether oxygens (including phenoxy) is 1. The Hall–Kier alpha value is -0.120. The summed E-state index contributed by atoms with van der Waals surface area (Å²) in [6.45, 7) is 3.12. The fourth-order valence-corrected chi connectivity index (χ4v) is 2.49. The lowest BCUT2D eigenvalue weighted by Crippen LogP contribution is -2.35. The minimum Gasteiger partial charge on any atom is -0.385 e. The average Bonchev–Trinajstić information content (AvgIpc) is 2.43. The van der Waals surface area contributed by atoms with E-state index in [4.69, 9.17) is 10.6 Å². The van der Waals surface area contributed by atoms with Crippen molar-refractivity contribution in [3.05, 3.63) is 0 Å². The fraction of sp³-hybridized carbons (Fsp3) is 1.00. The van der Waals surface area contributed by atoms with Crippen molar-refractivity contribution in [2.75, 3.05) is 13.7 Å². The summed E-state index contributed by atoms with van der Waals surface area (Å²) in [6, 6.07) is 0.472. The molecule has 0 radical (unpaired) electrons. The summed E-state index contributed by atoms with van der Waals surface area (Å²) in [5, 5.41) is 0. The van der Waals surface area contributed by atoms with Gasteiger partial charge in [-0.05, 0) is 19.3 Å². The lowest BCUT2D eigenvalue weighted by Gasteiger charge is -2.15. The van der Waals surface area contributed by atoms with Crippen LogP contribution in [0.15, 0.2) is 0 Å². The largest absolute Gasteiger partial charge is 0.385 e. The minimum absolute atomic E-state index is 0.472. The number of nitrogens with one attached hydrogen (secondary N) is 1. The van der Waals surface area contributed by atoms with Crippen LogP contribution in [0.5, 0.6) is 0 Å². The van der Waals surface area contributed by atoms with Crippen molar-refractivity contribution in [3.8, 4) is 0 Å². The molecule has 0 aromatic heterocycles. The van der Waals surface area contributed by atoms with E-state index < -0.39 is 0 Å². The van der Waals surface area contributed by atoms with Crippen LogP contribution in [0.2, 0.25) is 0 Å². The van der Waals surface area contributed by atoms with E-state index in [-0.39, 0.29) is 0 Å². The SMILES string of the molecule is CCCCCCCCCCCC(CCCOC)NN. The number of nitrogens with two attached hydrogens (primary N) is 1. The van der Waals surface area contributed by atoms with Gasteiger partial charge in [-0.2, -0.15) is 0 Å². The topological polar surface area (TPSA) is 47.3 Å². The highest BCUT2D eigenvalue weighted by Gasteiger charge is 2.05. The number of unbranched alkanes of at least 4 members (excludes halogenated alkanes) is 8. The van der Waals surface area contributed by atoms with Gasteiger partial charge >= 0.3 is 0 Å². The average molecular weight is 272 g/mol. The van der Waals surface area contributed by atoms with Crippen molar-refractivity contribution < 1.29 is 4.74 Å². The molecule has 0 aliphatic carbocycles. The Labute approximate surface area is 120 Å². The molecule has 0 heterocycles. The van der Waals surface area contributed by atoms with Crippen LogP contribution in [0, 0.1) is 0 Å². The molecule has 1 unspecified atom stereocenters. The molecule has 0 aliphatic rings. The summed E-state index contributed by atoms with van der Waals surface area (Å²) >= 11 is 0. The Morgan fingerprint density at radius 2 is 1.37 bits per heavy atom. The quantitative estimate of drug-likeness (QED) is 0.267. The Bertz CT molecular complexity index is 165. The smallest absolute Gasteiger partial charge is 0.0462 e. The van der Waals surface area contributed by atoms with Gasteiger partial charge in [-0.1, -0.05) is 64.7 Å². The monoisotopic (exact) mass is 272 g/mol. The van der Waals surface area contributed by atoms with E-state index in [0.717, 1.165) is 19.4 Å². The van der Waals surface area contributed by atoms with Crippen molar-refractivity contribution in [2.45, 2.75) is 90.0 Å². The Morgan fingerprint density at radius 1 is 0.842 bits per heavy atom. The van der Waals surface area contributed by atoms with Crippen molar-refractivity contribution >= 4 is 0 Å². The highest BCUT2D eigenvalue weighted by molar-refractivity contribution is 4.63. The standard InChI is InChI=1S/C16H36N2O/c1-3-4-5-6-7-8-9-10-11-13-16(18-17)14-12-15-19-2/h16,18H,3-15,17H2,1-2H3. The molecule has 0 spiro atoms. The van der Waals surface area contributed by atoms with Gasteiger partial charge in [0.25, 0.3) is 0 Å². The molecule has 0 aromatic rings. The van der Waals surface area contributed by atoms with Gasteiger partial charge in [-0.15, -0.1) is 0 Å². The van der Waals surface area contributed by atoms with Gasteiger partial charge in [0.15, 0.2) is 0 Å². The van der Waals surface area contributed by atoms with Crippen molar-refractivity contribution in [3.63, 3.8) is 0 Å². The van der Waals surface area contributed by atoms with Gasteiger partial charge in [-0.3, -0.25) is 11.3 Å².